The van der Waals surface area contributed by atoms with Gasteiger partial charge in [-0.25, -0.2) is 0 Å². The van der Waals surface area contributed by atoms with Crippen molar-refractivity contribution in [2.24, 2.45) is 23.2 Å². The molecule has 4 fully saturated rings. The second kappa shape index (κ2) is 9.10. The van der Waals surface area contributed by atoms with Crippen LogP contribution in [0.25, 0.3) is 0 Å². The highest BCUT2D eigenvalue weighted by Gasteiger charge is 2.52. The minimum atomic E-state index is 0. The molecule has 4 saturated carbocycles. The molecule has 1 N–H and O–H groups in total. The van der Waals surface area contributed by atoms with Gasteiger partial charge in [0.05, 0.1) is 0 Å². The van der Waals surface area contributed by atoms with Crippen LogP contribution in [-0.4, -0.2) is 6.04 Å². The molecule has 4 aliphatic rings. The highest BCUT2D eigenvalue weighted by molar-refractivity contribution is 6.31. The number of nitrogens with one attached hydrogen (secondary N) is 1. The van der Waals surface area contributed by atoms with E-state index in [1.54, 1.807) is 0 Å². The molecule has 0 spiro atoms. The third-order valence-electron chi connectivity index (χ3n) is 7.92. The van der Waals surface area contributed by atoms with Gasteiger partial charge in [-0.05, 0) is 80.8 Å². The van der Waals surface area contributed by atoms with Gasteiger partial charge in [0.25, 0.3) is 0 Å². The molecule has 0 radical (unpaired) electrons. The first-order valence-corrected chi connectivity index (χ1v) is 11.7. The fraction of sp³-hybridized carbons (Fsp3) is 0.538. The molecule has 4 bridgehead atoms. The van der Waals surface area contributed by atoms with E-state index in [0.717, 1.165) is 40.6 Å². The maximum absolute atomic E-state index is 6.29. The van der Waals surface area contributed by atoms with Gasteiger partial charge in [-0.1, -0.05) is 48.0 Å². The van der Waals surface area contributed by atoms with Crippen molar-refractivity contribution < 1.29 is 4.74 Å². The molecule has 2 aromatic carbocycles. The normalized spacial score (nSPS) is 30.0. The Morgan fingerprint density at radius 1 is 0.933 bits per heavy atom. The van der Waals surface area contributed by atoms with Gasteiger partial charge >= 0.3 is 0 Å². The first-order chi connectivity index (χ1) is 14.1. The molecule has 162 valence electrons. The summed E-state index contributed by atoms with van der Waals surface area (Å²) in [6.45, 7) is 3.79. The van der Waals surface area contributed by atoms with Crippen molar-refractivity contribution in [1.82, 2.24) is 5.32 Å². The summed E-state index contributed by atoms with van der Waals surface area (Å²) in [7, 11) is 0. The van der Waals surface area contributed by atoms with Gasteiger partial charge in [-0.2, -0.15) is 0 Å². The van der Waals surface area contributed by atoms with Crippen LogP contribution in [0.15, 0.2) is 48.5 Å². The third-order valence-corrected chi connectivity index (χ3v) is 8.29. The monoisotopic (exact) mass is 445 g/mol. The van der Waals surface area contributed by atoms with Crippen molar-refractivity contribution in [3.05, 3.63) is 64.7 Å². The molecule has 2 aromatic rings. The Bertz CT molecular complexity index is 832. The third kappa shape index (κ3) is 4.38. The Balaban J connectivity index is 0.00000218. The second-order valence-electron chi connectivity index (χ2n) is 9.87. The molecule has 1 atom stereocenters. The number of para-hydroxylation sites is 1. The number of rotatable bonds is 7. The van der Waals surface area contributed by atoms with Crippen molar-refractivity contribution in [2.75, 3.05) is 0 Å². The van der Waals surface area contributed by atoms with Crippen LogP contribution >= 0.6 is 24.0 Å². The summed E-state index contributed by atoms with van der Waals surface area (Å²) in [5.41, 5.74) is 2.79. The quantitative estimate of drug-likeness (QED) is 0.493. The molecule has 1 unspecified atom stereocenters. The van der Waals surface area contributed by atoms with Crippen LogP contribution in [0.3, 0.4) is 0 Å². The van der Waals surface area contributed by atoms with E-state index in [9.17, 15) is 0 Å². The molecule has 4 aliphatic carbocycles. The predicted octanol–water partition coefficient (Wildman–Crippen LogP) is 7.04. The Labute approximate surface area is 192 Å². The van der Waals surface area contributed by atoms with Crippen molar-refractivity contribution >= 4 is 24.0 Å². The standard InChI is InChI=1S/C26H32ClNO.ClH/c1-18(26-13-19-10-20(14-26)12-21(11-19)15-26)28-16-22-6-3-5-9-25(22)29-17-23-7-2-4-8-24(23)27;/h2-9,18-21,28H,10-17H2,1H3;1H. The van der Waals surface area contributed by atoms with Gasteiger partial charge in [-0.15, -0.1) is 12.4 Å². The van der Waals surface area contributed by atoms with Crippen LogP contribution in [0.4, 0.5) is 0 Å². The molecule has 30 heavy (non-hydrogen) atoms. The first kappa shape index (κ1) is 22.0. The minimum absolute atomic E-state index is 0. The van der Waals surface area contributed by atoms with Crippen molar-refractivity contribution in [3.63, 3.8) is 0 Å². The average Bonchev–Trinajstić information content (AvgIpc) is 2.71. The smallest absolute Gasteiger partial charge is 0.124 e. The van der Waals surface area contributed by atoms with Gasteiger partial charge in [0.1, 0.15) is 12.4 Å². The summed E-state index contributed by atoms with van der Waals surface area (Å²) >= 11 is 6.29. The highest BCUT2D eigenvalue weighted by atomic mass is 35.5. The molecule has 0 amide bonds. The van der Waals surface area contributed by atoms with E-state index >= 15 is 0 Å². The summed E-state index contributed by atoms with van der Waals surface area (Å²) in [6, 6.07) is 16.9. The van der Waals surface area contributed by atoms with E-state index in [1.165, 1.54) is 44.1 Å². The summed E-state index contributed by atoms with van der Waals surface area (Å²) in [5, 5.41) is 4.66. The Morgan fingerprint density at radius 2 is 1.50 bits per heavy atom. The van der Waals surface area contributed by atoms with E-state index in [-0.39, 0.29) is 12.4 Å². The molecule has 0 saturated heterocycles. The highest BCUT2D eigenvalue weighted by Crippen LogP contribution is 2.61. The lowest BCUT2D eigenvalue weighted by Gasteiger charge is -2.59. The lowest BCUT2D eigenvalue weighted by Crippen LogP contribution is -2.54. The van der Waals surface area contributed by atoms with Crippen LogP contribution < -0.4 is 10.1 Å². The molecule has 6 rings (SSSR count). The maximum atomic E-state index is 6.29. The average molecular weight is 446 g/mol. The van der Waals surface area contributed by atoms with Gasteiger partial charge in [0, 0.05) is 28.7 Å². The maximum Gasteiger partial charge on any atom is 0.124 e. The van der Waals surface area contributed by atoms with Crippen molar-refractivity contribution in [3.8, 4) is 5.75 Å². The number of ether oxygens (including phenoxy) is 1. The van der Waals surface area contributed by atoms with E-state index in [4.69, 9.17) is 16.3 Å². The largest absolute Gasteiger partial charge is 0.489 e. The molecule has 0 heterocycles. The summed E-state index contributed by atoms with van der Waals surface area (Å²) in [4.78, 5) is 0. The Kier molecular flexibility index (Phi) is 6.67. The fourth-order valence-corrected chi connectivity index (χ4v) is 6.94. The van der Waals surface area contributed by atoms with E-state index in [2.05, 4.69) is 30.4 Å². The molecular formula is C26H33Cl2NO. The number of hydrogen-bond acceptors (Lipinski definition) is 2. The van der Waals surface area contributed by atoms with E-state index in [0.29, 0.717) is 18.1 Å². The SMILES string of the molecule is CC(NCc1ccccc1OCc1ccccc1Cl)C12CC3CC(CC(C3)C1)C2.Cl. The molecule has 4 heteroatoms. The molecule has 0 aliphatic heterocycles. The van der Waals surface area contributed by atoms with Crippen LogP contribution in [0.1, 0.15) is 56.6 Å². The summed E-state index contributed by atoms with van der Waals surface area (Å²) in [5.74, 6) is 3.95. The van der Waals surface area contributed by atoms with Crippen molar-refractivity contribution in [2.45, 2.75) is 64.6 Å². The van der Waals surface area contributed by atoms with Crippen LogP contribution in [-0.2, 0) is 13.2 Å². The minimum Gasteiger partial charge on any atom is -0.489 e. The van der Waals surface area contributed by atoms with Crippen LogP contribution in [0, 0.1) is 23.2 Å². The van der Waals surface area contributed by atoms with E-state index in [1.807, 2.05) is 30.3 Å². The predicted molar refractivity (Wildman–Crippen MR) is 126 cm³/mol. The zero-order valence-electron chi connectivity index (χ0n) is 17.8. The van der Waals surface area contributed by atoms with Gasteiger partial charge in [0.15, 0.2) is 0 Å². The topological polar surface area (TPSA) is 21.3 Å². The Hall–Kier alpha value is -1.22. The second-order valence-corrected chi connectivity index (χ2v) is 10.3. The molecule has 0 aromatic heterocycles. The lowest BCUT2D eigenvalue weighted by atomic mass is 9.48. The summed E-state index contributed by atoms with van der Waals surface area (Å²) in [6.07, 6.45) is 8.84. The molecule has 2 nitrogen and oxygen atoms in total. The van der Waals surface area contributed by atoms with Crippen molar-refractivity contribution in [1.29, 1.82) is 0 Å². The number of halogens is 2. The zero-order chi connectivity index (χ0) is 19.8. The lowest BCUT2D eigenvalue weighted by molar-refractivity contribution is -0.0706. The van der Waals surface area contributed by atoms with Gasteiger partial charge < -0.3 is 10.1 Å². The number of benzene rings is 2. The first-order valence-electron chi connectivity index (χ1n) is 11.3. The fourth-order valence-electron chi connectivity index (χ4n) is 6.75. The van der Waals surface area contributed by atoms with Crippen LogP contribution in [0.5, 0.6) is 5.75 Å². The number of hydrogen-bond donors (Lipinski definition) is 1. The Morgan fingerprint density at radius 3 is 2.13 bits per heavy atom. The van der Waals surface area contributed by atoms with Gasteiger partial charge in [0.2, 0.25) is 0 Å². The van der Waals surface area contributed by atoms with E-state index < -0.39 is 0 Å². The summed E-state index contributed by atoms with van der Waals surface area (Å²) < 4.78 is 6.16. The van der Waals surface area contributed by atoms with Crippen LogP contribution in [0.2, 0.25) is 5.02 Å². The molecular weight excluding hydrogens is 413 g/mol. The van der Waals surface area contributed by atoms with Gasteiger partial charge in [-0.3, -0.25) is 0 Å². The zero-order valence-corrected chi connectivity index (χ0v) is 19.4.